The number of carboxylic acid groups (broad SMARTS) is 1. The lowest BCUT2D eigenvalue weighted by Crippen LogP contribution is -2.60. The van der Waals surface area contributed by atoms with Gasteiger partial charge in [-0.1, -0.05) is 27.2 Å². The molecule has 5 saturated carbocycles. The van der Waals surface area contributed by atoms with E-state index in [9.17, 15) is 14.7 Å². The fourth-order valence-corrected chi connectivity index (χ4v) is 10.4. The van der Waals surface area contributed by atoms with Crippen LogP contribution in [0.4, 0.5) is 0 Å². The quantitative estimate of drug-likeness (QED) is 0.539. The molecule has 5 fully saturated rings. The summed E-state index contributed by atoms with van der Waals surface area (Å²) in [6, 6.07) is 0. The van der Waals surface area contributed by atoms with Crippen molar-refractivity contribution in [1.29, 1.82) is 0 Å². The highest BCUT2D eigenvalue weighted by molar-refractivity contribution is 5.75. The zero-order valence-electron chi connectivity index (χ0n) is 20.0. The van der Waals surface area contributed by atoms with Gasteiger partial charge in [0, 0.05) is 12.3 Å². The van der Waals surface area contributed by atoms with Crippen molar-refractivity contribution in [3.8, 4) is 0 Å². The number of rotatable bonds is 2. The van der Waals surface area contributed by atoms with Crippen molar-refractivity contribution in [1.82, 2.24) is 0 Å². The first kappa shape index (κ1) is 21.8. The lowest BCUT2D eigenvalue weighted by molar-refractivity contribution is -0.198. The van der Waals surface area contributed by atoms with Gasteiger partial charge in [0.1, 0.15) is 6.10 Å². The average Bonchev–Trinajstić information content (AvgIpc) is 3.15. The maximum Gasteiger partial charge on any atom is 0.309 e. The van der Waals surface area contributed by atoms with Crippen LogP contribution in [0.25, 0.3) is 0 Å². The summed E-state index contributed by atoms with van der Waals surface area (Å²) in [6.07, 6.45) is 12.4. The summed E-state index contributed by atoms with van der Waals surface area (Å²) >= 11 is 0. The molecule has 0 bridgehead atoms. The first-order valence-electron chi connectivity index (χ1n) is 13.0. The Hall–Kier alpha value is -1.06. The highest BCUT2D eigenvalue weighted by Crippen LogP contribution is 2.69. The maximum absolute atomic E-state index is 12.3. The minimum atomic E-state index is -0.503. The molecule has 5 aliphatic rings. The van der Waals surface area contributed by atoms with Crippen LogP contribution in [-0.4, -0.2) is 23.1 Å². The van der Waals surface area contributed by atoms with Crippen molar-refractivity contribution in [2.75, 3.05) is 0 Å². The Morgan fingerprint density at radius 3 is 2.23 bits per heavy atom. The Morgan fingerprint density at radius 1 is 0.806 bits per heavy atom. The van der Waals surface area contributed by atoms with E-state index in [1.165, 1.54) is 32.1 Å². The molecule has 9 unspecified atom stereocenters. The van der Waals surface area contributed by atoms with Crippen LogP contribution in [0.15, 0.2) is 0 Å². The van der Waals surface area contributed by atoms with E-state index in [1.807, 2.05) is 0 Å². The molecule has 0 heterocycles. The van der Waals surface area contributed by atoms with E-state index in [-0.39, 0.29) is 17.5 Å². The second kappa shape index (κ2) is 7.22. The van der Waals surface area contributed by atoms with Gasteiger partial charge in [0.05, 0.1) is 5.41 Å². The fraction of sp³-hybridized carbons (Fsp3) is 0.926. The largest absolute Gasteiger partial charge is 0.481 e. The minimum absolute atomic E-state index is 0.0248. The summed E-state index contributed by atoms with van der Waals surface area (Å²) in [5.41, 5.74) is -0.0544. The van der Waals surface area contributed by atoms with Gasteiger partial charge in [-0.15, -0.1) is 0 Å². The lowest BCUT2D eigenvalue weighted by atomic mass is 9.40. The Bertz CT molecular complexity index is 758. The summed E-state index contributed by atoms with van der Waals surface area (Å²) in [5, 5.41) is 10.1. The third kappa shape index (κ3) is 2.98. The molecule has 31 heavy (non-hydrogen) atoms. The van der Waals surface area contributed by atoms with Gasteiger partial charge >= 0.3 is 11.9 Å². The predicted molar refractivity (Wildman–Crippen MR) is 119 cm³/mol. The first-order chi connectivity index (χ1) is 14.6. The topological polar surface area (TPSA) is 63.6 Å². The smallest absolute Gasteiger partial charge is 0.309 e. The molecule has 4 nitrogen and oxygen atoms in total. The van der Waals surface area contributed by atoms with Gasteiger partial charge in [0.2, 0.25) is 0 Å². The standard InChI is InChI=1S/C27H42O4/c1-16(28)31-23-12-14-26(4)20-9-7-19-17(18(20)8-10-22(26)25(23,2)3)11-15-27(24(29)30)13-5-6-21(19)27/h17-23H,5-15H2,1-4H3,(H,29,30). The van der Waals surface area contributed by atoms with Crippen molar-refractivity contribution in [3.05, 3.63) is 0 Å². The van der Waals surface area contributed by atoms with E-state index in [4.69, 9.17) is 4.74 Å². The van der Waals surface area contributed by atoms with Gasteiger partial charge in [-0.3, -0.25) is 9.59 Å². The van der Waals surface area contributed by atoms with Crippen LogP contribution in [0.3, 0.4) is 0 Å². The Balaban J connectivity index is 1.40. The van der Waals surface area contributed by atoms with Crippen LogP contribution < -0.4 is 0 Å². The van der Waals surface area contributed by atoms with Crippen LogP contribution >= 0.6 is 0 Å². The molecule has 0 aromatic rings. The summed E-state index contributed by atoms with van der Waals surface area (Å²) in [6.45, 7) is 8.79. The molecule has 174 valence electrons. The maximum atomic E-state index is 12.3. The third-order valence-electron chi connectivity index (χ3n) is 11.6. The molecule has 0 amide bonds. The molecule has 0 aromatic heterocycles. The molecule has 0 aromatic carbocycles. The van der Waals surface area contributed by atoms with Crippen molar-refractivity contribution in [2.24, 2.45) is 51.8 Å². The van der Waals surface area contributed by atoms with E-state index in [0.717, 1.165) is 56.3 Å². The number of esters is 1. The number of ether oxygens (including phenoxy) is 1. The zero-order valence-corrected chi connectivity index (χ0v) is 20.0. The molecule has 0 saturated heterocycles. The summed E-state index contributed by atoms with van der Waals surface area (Å²) in [7, 11) is 0. The highest BCUT2D eigenvalue weighted by Gasteiger charge is 2.64. The molecular formula is C27H42O4. The molecule has 9 atom stereocenters. The van der Waals surface area contributed by atoms with E-state index in [1.54, 1.807) is 6.92 Å². The van der Waals surface area contributed by atoms with Gasteiger partial charge < -0.3 is 9.84 Å². The zero-order chi connectivity index (χ0) is 22.2. The summed E-state index contributed by atoms with van der Waals surface area (Å²) in [5.74, 6) is 3.28. The van der Waals surface area contributed by atoms with Gasteiger partial charge in [0.25, 0.3) is 0 Å². The summed E-state index contributed by atoms with van der Waals surface area (Å²) < 4.78 is 5.81. The van der Waals surface area contributed by atoms with Crippen molar-refractivity contribution >= 4 is 11.9 Å². The molecule has 5 rings (SSSR count). The monoisotopic (exact) mass is 430 g/mol. The van der Waals surface area contributed by atoms with Crippen molar-refractivity contribution in [2.45, 2.75) is 104 Å². The van der Waals surface area contributed by atoms with Crippen LogP contribution in [0.2, 0.25) is 0 Å². The molecule has 0 aliphatic heterocycles. The number of carbonyl (C=O) groups excluding carboxylic acids is 1. The Labute approximate surface area is 187 Å². The van der Waals surface area contributed by atoms with Crippen molar-refractivity contribution < 1.29 is 19.4 Å². The SMILES string of the molecule is CC(=O)OC1CCC2(C)C3CCC4C(CCC5(C(=O)O)CCCC45)C3CCC2C1(C)C. The normalized spacial score (nSPS) is 50.4. The Kier molecular flexibility index (Phi) is 5.07. The van der Waals surface area contributed by atoms with E-state index >= 15 is 0 Å². The van der Waals surface area contributed by atoms with Crippen LogP contribution in [0.1, 0.15) is 98.3 Å². The molecule has 4 heteroatoms. The highest BCUT2D eigenvalue weighted by atomic mass is 16.5. The number of fused-ring (bicyclic) bond motifs is 7. The fourth-order valence-electron chi connectivity index (χ4n) is 10.4. The number of carboxylic acids is 1. The van der Waals surface area contributed by atoms with E-state index in [0.29, 0.717) is 23.2 Å². The first-order valence-corrected chi connectivity index (χ1v) is 13.0. The van der Waals surface area contributed by atoms with Gasteiger partial charge in [-0.05, 0) is 105 Å². The van der Waals surface area contributed by atoms with Gasteiger partial charge in [-0.2, -0.15) is 0 Å². The van der Waals surface area contributed by atoms with E-state index in [2.05, 4.69) is 20.8 Å². The molecular weight excluding hydrogens is 388 g/mol. The minimum Gasteiger partial charge on any atom is -0.481 e. The molecule has 5 aliphatic carbocycles. The molecule has 0 radical (unpaired) electrons. The molecule has 0 spiro atoms. The van der Waals surface area contributed by atoms with Crippen molar-refractivity contribution in [3.63, 3.8) is 0 Å². The Morgan fingerprint density at radius 2 is 1.52 bits per heavy atom. The van der Waals surface area contributed by atoms with Crippen LogP contribution in [-0.2, 0) is 14.3 Å². The lowest BCUT2D eigenvalue weighted by Gasteiger charge is -2.65. The van der Waals surface area contributed by atoms with Crippen LogP contribution in [0.5, 0.6) is 0 Å². The second-order valence-corrected chi connectivity index (χ2v) is 12.8. The van der Waals surface area contributed by atoms with Gasteiger partial charge in [-0.25, -0.2) is 0 Å². The second-order valence-electron chi connectivity index (χ2n) is 12.8. The third-order valence-corrected chi connectivity index (χ3v) is 11.6. The van der Waals surface area contributed by atoms with Crippen LogP contribution in [0, 0.1) is 51.8 Å². The number of hydrogen-bond acceptors (Lipinski definition) is 3. The average molecular weight is 431 g/mol. The predicted octanol–water partition coefficient (Wildman–Crippen LogP) is 6.08. The number of aliphatic carboxylic acids is 1. The molecule has 1 N–H and O–H groups in total. The number of carbonyl (C=O) groups is 2. The number of hydrogen-bond donors (Lipinski definition) is 1. The summed E-state index contributed by atoms with van der Waals surface area (Å²) in [4.78, 5) is 24.0. The van der Waals surface area contributed by atoms with E-state index < -0.39 is 11.4 Å². The van der Waals surface area contributed by atoms with Gasteiger partial charge in [0.15, 0.2) is 0 Å².